The van der Waals surface area contributed by atoms with E-state index in [2.05, 4.69) is 5.32 Å². The number of ether oxygens (including phenoxy) is 1. The zero-order valence-corrected chi connectivity index (χ0v) is 12.8. The summed E-state index contributed by atoms with van der Waals surface area (Å²) < 4.78 is 5.06. The van der Waals surface area contributed by atoms with Crippen LogP contribution in [0.3, 0.4) is 0 Å². The molecule has 1 aliphatic carbocycles. The summed E-state index contributed by atoms with van der Waals surface area (Å²) in [7, 11) is 0. The Morgan fingerprint density at radius 1 is 1.24 bits per heavy atom. The van der Waals surface area contributed by atoms with Crippen LogP contribution in [0.5, 0.6) is 0 Å². The molecule has 1 atom stereocenters. The van der Waals surface area contributed by atoms with E-state index in [1.54, 1.807) is 11.8 Å². The zero-order valence-electron chi connectivity index (χ0n) is 12.8. The number of nitrogens with one attached hydrogen (secondary N) is 1. The average Bonchev–Trinajstić information content (AvgIpc) is 3.06. The lowest BCUT2D eigenvalue weighted by atomic mass is 9.94. The van der Waals surface area contributed by atoms with E-state index in [0.717, 1.165) is 19.3 Å². The zero-order chi connectivity index (χ0) is 15.5. The molecule has 21 heavy (non-hydrogen) atoms. The lowest BCUT2D eigenvalue weighted by Crippen LogP contribution is -2.59. The van der Waals surface area contributed by atoms with Crippen LogP contribution in [0.15, 0.2) is 0 Å². The van der Waals surface area contributed by atoms with E-state index in [1.165, 1.54) is 6.92 Å². The van der Waals surface area contributed by atoms with Crippen LogP contribution in [0.1, 0.15) is 52.4 Å². The number of carbonyl (C=O) groups excluding carboxylic acids is 3. The van der Waals surface area contributed by atoms with Gasteiger partial charge in [-0.15, -0.1) is 0 Å². The Hall–Kier alpha value is -1.59. The molecule has 0 unspecified atom stereocenters. The van der Waals surface area contributed by atoms with Crippen molar-refractivity contribution in [3.05, 3.63) is 0 Å². The monoisotopic (exact) mass is 296 g/mol. The van der Waals surface area contributed by atoms with Crippen molar-refractivity contribution in [2.24, 2.45) is 0 Å². The van der Waals surface area contributed by atoms with E-state index in [4.69, 9.17) is 4.74 Å². The molecule has 118 valence electrons. The minimum Gasteiger partial charge on any atom is -0.464 e. The second-order valence-electron chi connectivity index (χ2n) is 5.88. The molecule has 1 aliphatic heterocycles. The third kappa shape index (κ3) is 3.19. The second-order valence-corrected chi connectivity index (χ2v) is 5.88. The van der Waals surface area contributed by atoms with E-state index in [0.29, 0.717) is 32.4 Å². The highest BCUT2D eigenvalue weighted by molar-refractivity contribution is 5.94. The molecule has 0 aromatic heterocycles. The van der Waals surface area contributed by atoms with Gasteiger partial charge in [0.05, 0.1) is 6.61 Å². The maximum absolute atomic E-state index is 12.9. The predicted molar refractivity (Wildman–Crippen MR) is 76.4 cm³/mol. The van der Waals surface area contributed by atoms with Gasteiger partial charge in [-0.1, -0.05) is 12.8 Å². The summed E-state index contributed by atoms with van der Waals surface area (Å²) in [4.78, 5) is 38.0. The van der Waals surface area contributed by atoms with Crippen molar-refractivity contribution in [2.75, 3.05) is 13.2 Å². The molecule has 0 spiro atoms. The molecule has 2 amide bonds. The van der Waals surface area contributed by atoms with Gasteiger partial charge >= 0.3 is 5.97 Å². The highest BCUT2D eigenvalue weighted by atomic mass is 16.5. The molecule has 0 aromatic rings. The molecule has 1 N–H and O–H groups in total. The van der Waals surface area contributed by atoms with Crippen molar-refractivity contribution in [1.82, 2.24) is 10.2 Å². The third-order valence-corrected chi connectivity index (χ3v) is 4.35. The summed E-state index contributed by atoms with van der Waals surface area (Å²) in [6, 6.07) is -0.497. The molecule has 0 bridgehead atoms. The van der Waals surface area contributed by atoms with Gasteiger partial charge in [0, 0.05) is 13.5 Å². The molecular formula is C15H24N2O4. The van der Waals surface area contributed by atoms with E-state index < -0.39 is 11.6 Å². The molecule has 2 aliphatic rings. The largest absolute Gasteiger partial charge is 0.464 e. The Kier molecular flexibility index (Phi) is 4.85. The van der Waals surface area contributed by atoms with Crippen molar-refractivity contribution in [1.29, 1.82) is 0 Å². The number of hydrogen-bond acceptors (Lipinski definition) is 4. The highest BCUT2D eigenvalue weighted by Crippen LogP contribution is 2.34. The van der Waals surface area contributed by atoms with Gasteiger partial charge < -0.3 is 15.0 Å². The summed E-state index contributed by atoms with van der Waals surface area (Å²) >= 11 is 0. The number of hydrogen-bond donors (Lipinski definition) is 1. The predicted octanol–water partition coefficient (Wildman–Crippen LogP) is 0.989. The maximum Gasteiger partial charge on any atom is 0.328 e. The number of rotatable bonds is 4. The van der Waals surface area contributed by atoms with Gasteiger partial charge in [-0.25, -0.2) is 4.79 Å². The first-order valence-corrected chi connectivity index (χ1v) is 7.76. The van der Waals surface area contributed by atoms with Gasteiger partial charge in [0.15, 0.2) is 0 Å². The summed E-state index contributed by atoms with van der Waals surface area (Å²) in [5.74, 6) is -0.651. The van der Waals surface area contributed by atoms with Crippen molar-refractivity contribution < 1.29 is 19.1 Å². The number of likely N-dealkylation sites (tertiary alicyclic amines) is 1. The maximum atomic E-state index is 12.9. The summed E-state index contributed by atoms with van der Waals surface area (Å²) in [6.07, 6.45) is 4.58. The standard InChI is InChI=1S/C15H24N2O4/c1-3-21-13(19)12-7-6-10-17(12)14(20)15(16-11(2)18)8-4-5-9-15/h12H,3-10H2,1-2H3,(H,16,18)/t12-/m0/s1. The summed E-state index contributed by atoms with van der Waals surface area (Å²) in [5.41, 5.74) is -0.819. The molecule has 1 heterocycles. The Bertz CT molecular complexity index is 429. The van der Waals surface area contributed by atoms with Crippen molar-refractivity contribution in [3.8, 4) is 0 Å². The fraction of sp³-hybridized carbons (Fsp3) is 0.800. The molecule has 2 rings (SSSR count). The number of esters is 1. The Labute approximate surface area is 125 Å². The first kappa shape index (κ1) is 15.8. The van der Waals surface area contributed by atoms with Gasteiger partial charge in [0.1, 0.15) is 11.6 Å². The van der Waals surface area contributed by atoms with Crippen LogP contribution in [0.2, 0.25) is 0 Å². The first-order chi connectivity index (χ1) is 10.00. The molecular weight excluding hydrogens is 272 g/mol. The molecule has 6 nitrogen and oxygen atoms in total. The molecule has 0 radical (unpaired) electrons. The minimum absolute atomic E-state index is 0.120. The molecule has 6 heteroatoms. The molecule has 1 saturated carbocycles. The van der Waals surface area contributed by atoms with E-state index >= 15 is 0 Å². The third-order valence-electron chi connectivity index (χ3n) is 4.35. The van der Waals surface area contributed by atoms with Crippen LogP contribution in [0.25, 0.3) is 0 Å². The minimum atomic E-state index is -0.819. The van der Waals surface area contributed by atoms with Crippen molar-refractivity contribution in [2.45, 2.75) is 64.0 Å². The number of amides is 2. The van der Waals surface area contributed by atoms with E-state index in [1.807, 2.05) is 0 Å². The van der Waals surface area contributed by atoms with Crippen molar-refractivity contribution in [3.63, 3.8) is 0 Å². The first-order valence-electron chi connectivity index (χ1n) is 7.76. The Morgan fingerprint density at radius 3 is 2.48 bits per heavy atom. The topological polar surface area (TPSA) is 75.7 Å². The van der Waals surface area contributed by atoms with Crippen LogP contribution in [-0.4, -0.2) is 47.4 Å². The average molecular weight is 296 g/mol. The van der Waals surface area contributed by atoms with E-state index in [9.17, 15) is 14.4 Å². The summed E-state index contributed by atoms with van der Waals surface area (Å²) in [6.45, 7) is 4.06. The fourth-order valence-corrected chi connectivity index (χ4v) is 3.48. The number of carbonyl (C=O) groups is 3. The SMILES string of the molecule is CCOC(=O)[C@@H]1CCCN1C(=O)C1(NC(C)=O)CCCC1. The molecule has 1 saturated heterocycles. The van der Waals surface area contributed by atoms with Crippen LogP contribution in [-0.2, 0) is 19.1 Å². The smallest absolute Gasteiger partial charge is 0.328 e. The Balaban J connectivity index is 2.16. The van der Waals surface area contributed by atoms with Crippen LogP contribution in [0, 0.1) is 0 Å². The van der Waals surface area contributed by atoms with Crippen molar-refractivity contribution >= 4 is 17.8 Å². The van der Waals surface area contributed by atoms with Gasteiger partial charge in [-0.3, -0.25) is 9.59 Å². The van der Waals surface area contributed by atoms with Gasteiger partial charge in [-0.05, 0) is 32.6 Å². The highest BCUT2D eigenvalue weighted by Gasteiger charge is 2.48. The summed E-state index contributed by atoms with van der Waals surface area (Å²) in [5, 5.41) is 2.84. The lowest BCUT2D eigenvalue weighted by Gasteiger charge is -2.35. The number of nitrogens with zero attached hydrogens (tertiary/aromatic N) is 1. The molecule has 0 aromatic carbocycles. The normalized spacial score (nSPS) is 23.9. The van der Waals surface area contributed by atoms with Crippen LogP contribution >= 0.6 is 0 Å². The van der Waals surface area contributed by atoms with Gasteiger partial charge in [0.25, 0.3) is 0 Å². The quantitative estimate of drug-likeness (QED) is 0.785. The van der Waals surface area contributed by atoms with Gasteiger partial charge in [0.2, 0.25) is 11.8 Å². The lowest BCUT2D eigenvalue weighted by molar-refractivity contribution is -0.155. The fourth-order valence-electron chi connectivity index (χ4n) is 3.48. The van der Waals surface area contributed by atoms with Gasteiger partial charge in [-0.2, -0.15) is 0 Å². The Morgan fingerprint density at radius 2 is 1.90 bits per heavy atom. The van der Waals surface area contributed by atoms with Crippen LogP contribution in [0.4, 0.5) is 0 Å². The second kappa shape index (κ2) is 6.45. The van der Waals surface area contributed by atoms with Crippen LogP contribution < -0.4 is 5.32 Å². The van der Waals surface area contributed by atoms with E-state index in [-0.39, 0.29) is 17.8 Å². The molecule has 2 fully saturated rings.